The number of hydrogen-bond acceptors (Lipinski definition) is 7. The molecule has 3 atom stereocenters. The molecule has 0 aliphatic heterocycles. The summed E-state index contributed by atoms with van der Waals surface area (Å²) in [6.45, 7) is 4.30. The van der Waals surface area contributed by atoms with Crippen molar-refractivity contribution in [3.05, 3.63) is 125 Å². The van der Waals surface area contributed by atoms with Gasteiger partial charge < -0.3 is 35.1 Å². The number of ether oxygens (including phenoxy) is 3. The first-order valence-corrected chi connectivity index (χ1v) is 15.1. The molecule has 0 aliphatic carbocycles. The largest absolute Gasteiger partial charge is 0.493 e. The van der Waals surface area contributed by atoms with Crippen molar-refractivity contribution in [3.8, 4) is 17.2 Å². The molecule has 0 heterocycles. The lowest BCUT2D eigenvalue weighted by molar-refractivity contribution is -0.141. The van der Waals surface area contributed by atoms with Crippen LogP contribution in [0.1, 0.15) is 42.2 Å². The lowest BCUT2D eigenvalue weighted by Gasteiger charge is -2.20. The van der Waals surface area contributed by atoms with Gasteiger partial charge in [-0.25, -0.2) is 4.79 Å². The number of nitrogens with one attached hydrogen (secondary N) is 2. The van der Waals surface area contributed by atoms with Crippen LogP contribution in [0.5, 0.6) is 17.2 Å². The monoisotopic (exact) mass is 628 g/mol. The van der Waals surface area contributed by atoms with Gasteiger partial charge in [-0.2, -0.15) is 0 Å². The van der Waals surface area contributed by atoms with Crippen molar-refractivity contribution in [3.63, 3.8) is 0 Å². The summed E-state index contributed by atoms with van der Waals surface area (Å²) in [4.78, 5) is 21.6. The fourth-order valence-corrected chi connectivity index (χ4v) is 4.77. The number of rotatable bonds is 15. The molecule has 1 amide bonds. The molecule has 4 N–H and O–H groups in total. The summed E-state index contributed by atoms with van der Waals surface area (Å²) < 4.78 is 16.7. The van der Waals surface area contributed by atoms with E-state index in [1.165, 1.54) is 6.92 Å². The van der Waals surface area contributed by atoms with Crippen LogP contribution in [0.2, 0.25) is 0 Å². The first kappa shape index (κ1) is 35.6. The fourth-order valence-electron chi connectivity index (χ4n) is 4.77. The van der Waals surface area contributed by atoms with Crippen LogP contribution >= 0.6 is 0 Å². The van der Waals surface area contributed by atoms with Crippen LogP contribution in [-0.4, -0.2) is 54.9 Å². The van der Waals surface area contributed by atoms with E-state index in [0.29, 0.717) is 25.3 Å². The summed E-state index contributed by atoms with van der Waals surface area (Å²) in [7, 11) is 3.27. The fraction of sp³-hybridized carbons (Fsp3) is 0.297. The second-order valence-corrected chi connectivity index (χ2v) is 10.8. The smallest absolute Gasteiger partial charge is 0.326 e. The number of amides is 1. The lowest BCUT2D eigenvalue weighted by atomic mass is 10.0. The van der Waals surface area contributed by atoms with Gasteiger partial charge in [0.15, 0.2) is 11.5 Å². The number of benzene rings is 4. The molecule has 0 radical (unpaired) electrons. The van der Waals surface area contributed by atoms with E-state index in [2.05, 4.69) is 17.6 Å². The van der Waals surface area contributed by atoms with Crippen LogP contribution in [-0.2, 0) is 29.0 Å². The zero-order valence-electron chi connectivity index (χ0n) is 26.8. The number of carbonyl (C=O) groups excluding carboxylic acids is 1. The van der Waals surface area contributed by atoms with E-state index in [-0.39, 0.29) is 11.9 Å². The van der Waals surface area contributed by atoms with Gasteiger partial charge >= 0.3 is 5.97 Å². The zero-order chi connectivity index (χ0) is 33.3. The summed E-state index contributed by atoms with van der Waals surface area (Å²) in [6.07, 6.45) is 0.439. The molecule has 0 spiro atoms. The van der Waals surface area contributed by atoms with Crippen LogP contribution in [0.4, 0.5) is 0 Å². The van der Waals surface area contributed by atoms with Gasteiger partial charge in [0.1, 0.15) is 18.4 Å². The molecule has 244 valence electrons. The number of methoxy groups -OCH3 is 2. The highest BCUT2D eigenvalue weighted by Gasteiger charge is 2.18. The van der Waals surface area contributed by atoms with E-state index in [1.54, 1.807) is 14.2 Å². The summed E-state index contributed by atoms with van der Waals surface area (Å²) in [5.74, 6) is 0.784. The second kappa shape index (κ2) is 18.8. The minimum Gasteiger partial charge on any atom is -0.493 e. The molecule has 9 nitrogen and oxygen atoms in total. The Morgan fingerprint density at radius 1 is 0.739 bits per heavy atom. The van der Waals surface area contributed by atoms with Crippen molar-refractivity contribution >= 4 is 11.9 Å². The normalized spacial score (nSPS) is 12.5. The quantitative estimate of drug-likeness (QED) is 0.139. The van der Waals surface area contributed by atoms with Crippen molar-refractivity contribution in [1.82, 2.24) is 10.6 Å². The Labute approximate surface area is 271 Å². The first-order chi connectivity index (χ1) is 22.2. The maximum atomic E-state index is 10.8. The minimum atomic E-state index is -1.02. The molecule has 9 heteroatoms. The summed E-state index contributed by atoms with van der Waals surface area (Å²) in [5, 5.41) is 25.5. The van der Waals surface area contributed by atoms with Crippen LogP contribution in [0.3, 0.4) is 0 Å². The minimum absolute atomic E-state index is 0.171. The average molecular weight is 629 g/mol. The van der Waals surface area contributed by atoms with Crippen LogP contribution in [0.15, 0.2) is 103 Å². The third kappa shape index (κ3) is 11.9. The highest BCUT2D eigenvalue weighted by molar-refractivity contribution is 5.82. The average Bonchev–Trinajstić information content (AvgIpc) is 3.07. The molecular formula is C37H44N2O7. The van der Waals surface area contributed by atoms with Crippen LogP contribution in [0.25, 0.3) is 0 Å². The summed E-state index contributed by atoms with van der Waals surface area (Å²) >= 11 is 0. The Morgan fingerprint density at radius 2 is 1.35 bits per heavy atom. The molecular weight excluding hydrogens is 584 g/mol. The third-order valence-corrected chi connectivity index (χ3v) is 7.12. The Morgan fingerprint density at radius 3 is 1.96 bits per heavy atom. The van der Waals surface area contributed by atoms with Crippen molar-refractivity contribution < 1.29 is 34.0 Å². The summed E-state index contributed by atoms with van der Waals surface area (Å²) in [6, 6.07) is 32.1. The van der Waals surface area contributed by atoms with Gasteiger partial charge in [0, 0.05) is 31.5 Å². The maximum Gasteiger partial charge on any atom is 0.326 e. The highest BCUT2D eigenvalue weighted by Crippen LogP contribution is 2.28. The van der Waals surface area contributed by atoms with Gasteiger partial charge in [-0.15, -0.1) is 0 Å². The molecule has 0 saturated carbocycles. The number of carbonyl (C=O) groups is 2. The third-order valence-electron chi connectivity index (χ3n) is 7.12. The Hall–Kier alpha value is -4.86. The van der Waals surface area contributed by atoms with Gasteiger partial charge in [-0.1, -0.05) is 84.9 Å². The first-order valence-electron chi connectivity index (χ1n) is 15.1. The number of aliphatic carboxylic acids is 1. The lowest BCUT2D eigenvalue weighted by Crippen LogP contribution is -2.41. The van der Waals surface area contributed by atoms with E-state index in [1.807, 2.05) is 103 Å². The number of aliphatic hydroxyl groups excluding tert-OH is 1. The molecule has 0 fully saturated rings. The highest BCUT2D eigenvalue weighted by atomic mass is 16.5. The molecule has 4 aromatic carbocycles. The van der Waals surface area contributed by atoms with E-state index >= 15 is 0 Å². The standard InChI is InChI=1S/C26H31NO4.C11H13NO3/c1-19(15-21-13-14-25(29-2)26(16-21)30-3)27-17-23(28)22-11-7-8-12-24(22)31-18-20-9-5-4-6-10-20;1-8(13)12-10(11(14)15)7-9-5-3-2-4-6-9/h4-14,16,19,23,27-28H,15,17-18H2,1-3H3;2-6,10H,7H2,1H3,(H,12,13)(H,14,15)/t;10-/m.1/s1. The molecule has 0 aromatic heterocycles. The molecule has 0 saturated heterocycles. The van der Waals surface area contributed by atoms with Crippen molar-refractivity contribution in [2.24, 2.45) is 0 Å². The second-order valence-electron chi connectivity index (χ2n) is 10.8. The molecule has 0 bridgehead atoms. The number of aliphatic hydroxyl groups is 1. The topological polar surface area (TPSA) is 126 Å². The molecule has 4 rings (SSSR count). The van der Waals surface area contributed by atoms with Gasteiger partial charge in [-0.3, -0.25) is 4.79 Å². The Balaban J connectivity index is 0.000000322. The molecule has 4 aromatic rings. The zero-order valence-corrected chi connectivity index (χ0v) is 26.8. The van der Waals surface area contributed by atoms with Crippen molar-refractivity contribution in [2.75, 3.05) is 20.8 Å². The van der Waals surface area contributed by atoms with Gasteiger partial charge in [0.2, 0.25) is 5.91 Å². The maximum absolute atomic E-state index is 10.8. The van der Waals surface area contributed by atoms with Crippen molar-refractivity contribution in [1.29, 1.82) is 0 Å². The van der Waals surface area contributed by atoms with Gasteiger partial charge in [-0.05, 0) is 48.2 Å². The van der Waals surface area contributed by atoms with Crippen molar-refractivity contribution in [2.45, 2.75) is 51.5 Å². The SMILES string of the molecule is CC(=O)N[C@H](Cc1ccccc1)C(=O)O.COc1ccc(CC(C)NCC(O)c2ccccc2OCc2ccccc2)cc1OC. The number of carboxylic acid groups (broad SMARTS) is 1. The predicted molar refractivity (Wildman–Crippen MR) is 178 cm³/mol. The van der Waals surface area contributed by atoms with Crippen LogP contribution < -0.4 is 24.8 Å². The Kier molecular flexibility index (Phi) is 14.6. The predicted octanol–water partition coefficient (Wildman–Crippen LogP) is 5.36. The van der Waals surface area contributed by atoms with E-state index < -0.39 is 18.1 Å². The Bertz CT molecular complexity index is 1500. The van der Waals surface area contributed by atoms with Crippen LogP contribution in [0, 0.1) is 0 Å². The number of para-hydroxylation sites is 1. The number of carboxylic acids is 1. The van der Waals surface area contributed by atoms with E-state index in [9.17, 15) is 14.7 Å². The van der Waals surface area contributed by atoms with Gasteiger partial charge in [0.05, 0.1) is 20.3 Å². The van der Waals surface area contributed by atoms with E-state index in [0.717, 1.165) is 40.2 Å². The molecule has 2 unspecified atom stereocenters. The molecule has 0 aliphatic rings. The number of hydrogen-bond donors (Lipinski definition) is 4. The summed E-state index contributed by atoms with van der Waals surface area (Å²) in [5.41, 5.74) is 3.90. The van der Waals surface area contributed by atoms with E-state index in [4.69, 9.17) is 19.3 Å². The van der Waals surface area contributed by atoms with Gasteiger partial charge in [0.25, 0.3) is 0 Å². The molecule has 46 heavy (non-hydrogen) atoms.